The number of aromatic carboxylic acids is 1. The minimum absolute atomic E-state index is 0.228. The number of hydrogen-bond donors (Lipinski definition) is 1. The van der Waals surface area contributed by atoms with E-state index in [1.807, 2.05) is 0 Å². The molecule has 4 nitrogen and oxygen atoms in total. The summed E-state index contributed by atoms with van der Waals surface area (Å²) in [6.45, 7) is 7.14. The molecule has 1 N–H and O–H groups in total. The Kier molecular flexibility index (Phi) is 2.73. The van der Waals surface area contributed by atoms with Crippen molar-refractivity contribution in [2.75, 3.05) is 0 Å². The maximum atomic E-state index is 10.9. The number of nitrogens with zero attached hydrogens (tertiary/aromatic N) is 1. The average Bonchev–Trinajstić information content (AvgIpc) is 2.94. The molecule has 96 valence electrons. The van der Waals surface area contributed by atoms with Crippen LogP contribution in [0.5, 0.6) is 0 Å². The molecule has 0 aliphatic rings. The lowest BCUT2D eigenvalue weighted by Crippen LogP contribution is -1.94. The first-order valence-corrected chi connectivity index (χ1v) is 5.91. The summed E-state index contributed by atoms with van der Waals surface area (Å²) in [5.74, 6) is -0.963. The summed E-state index contributed by atoms with van der Waals surface area (Å²) < 4.78 is 5.46. The normalized spacial score (nSPS) is 10.3. The molecule has 0 amide bonds. The highest BCUT2D eigenvalue weighted by atomic mass is 16.4. The molecule has 0 fully saturated rings. The largest absolute Gasteiger partial charge is 0.478 e. The Bertz CT molecular complexity index is 838. The van der Waals surface area contributed by atoms with Gasteiger partial charge in [-0.3, -0.25) is 0 Å². The SMILES string of the molecule is [C-]#[N+]c1cc(-c2ccc(C(=O)O)cc2)c2occc2c1. The number of benzene rings is 2. The van der Waals surface area contributed by atoms with Gasteiger partial charge in [0.1, 0.15) is 5.58 Å². The number of carboxylic acid groups (broad SMARTS) is 1. The maximum absolute atomic E-state index is 10.9. The molecule has 0 radical (unpaired) electrons. The molecule has 0 saturated carbocycles. The minimum atomic E-state index is -0.963. The Hall–Kier alpha value is -3.06. The predicted molar refractivity (Wildman–Crippen MR) is 74.9 cm³/mol. The van der Waals surface area contributed by atoms with Gasteiger partial charge < -0.3 is 9.52 Å². The van der Waals surface area contributed by atoms with Gasteiger partial charge >= 0.3 is 5.97 Å². The van der Waals surface area contributed by atoms with E-state index in [4.69, 9.17) is 16.1 Å². The fourth-order valence-corrected chi connectivity index (χ4v) is 2.14. The Morgan fingerprint density at radius 1 is 1.15 bits per heavy atom. The van der Waals surface area contributed by atoms with Gasteiger partial charge in [-0.25, -0.2) is 9.64 Å². The van der Waals surface area contributed by atoms with Crippen molar-refractivity contribution < 1.29 is 14.3 Å². The second-order valence-corrected chi connectivity index (χ2v) is 4.33. The standard InChI is InChI=1S/C16H9NO3/c1-17-13-8-12-6-7-20-15(12)14(9-13)10-2-4-11(5-3-10)16(18)19/h2-9H,(H,18,19). The lowest BCUT2D eigenvalue weighted by molar-refractivity contribution is 0.0697. The molecule has 2 aromatic carbocycles. The van der Waals surface area contributed by atoms with Gasteiger partial charge in [-0.2, -0.15) is 0 Å². The summed E-state index contributed by atoms with van der Waals surface area (Å²) in [7, 11) is 0. The van der Waals surface area contributed by atoms with Gasteiger partial charge in [-0.1, -0.05) is 12.1 Å². The topological polar surface area (TPSA) is 54.8 Å². The number of rotatable bonds is 2. The molecular formula is C16H9NO3. The van der Waals surface area contributed by atoms with Crippen LogP contribution in [0.2, 0.25) is 0 Å². The van der Waals surface area contributed by atoms with Gasteiger partial charge in [0.15, 0.2) is 5.69 Å². The monoisotopic (exact) mass is 263 g/mol. The van der Waals surface area contributed by atoms with Crippen LogP contribution in [-0.2, 0) is 0 Å². The number of hydrogen-bond acceptors (Lipinski definition) is 2. The van der Waals surface area contributed by atoms with Crippen LogP contribution in [0.15, 0.2) is 53.1 Å². The van der Waals surface area contributed by atoms with Gasteiger partial charge in [0.25, 0.3) is 0 Å². The van der Waals surface area contributed by atoms with E-state index >= 15 is 0 Å². The second-order valence-electron chi connectivity index (χ2n) is 4.33. The van der Waals surface area contributed by atoms with Crippen molar-refractivity contribution in [1.29, 1.82) is 0 Å². The number of carbonyl (C=O) groups is 1. The van der Waals surface area contributed by atoms with Crippen molar-refractivity contribution in [2.24, 2.45) is 0 Å². The first kappa shape index (κ1) is 12.0. The molecule has 1 aromatic heterocycles. The van der Waals surface area contributed by atoms with Crippen LogP contribution < -0.4 is 0 Å². The average molecular weight is 263 g/mol. The highest BCUT2D eigenvalue weighted by Gasteiger charge is 2.10. The van der Waals surface area contributed by atoms with Crippen LogP contribution in [0.3, 0.4) is 0 Å². The van der Waals surface area contributed by atoms with Gasteiger partial charge in [0.05, 0.1) is 18.4 Å². The molecular weight excluding hydrogens is 254 g/mol. The smallest absolute Gasteiger partial charge is 0.335 e. The zero-order chi connectivity index (χ0) is 14.1. The van der Waals surface area contributed by atoms with E-state index in [-0.39, 0.29) is 5.56 Å². The van der Waals surface area contributed by atoms with E-state index in [0.717, 1.165) is 16.5 Å². The first-order valence-electron chi connectivity index (χ1n) is 5.91. The highest BCUT2D eigenvalue weighted by Crippen LogP contribution is 2.34. The van der Waals surface area contributed by atoms with Crippen molar-refractivity contribution in [1.82, 2.24) is 0 Å². The fraction of sp³-hybridized carbons (Fsp3) is 0. The van der Waals surface area contributed by atoms with Crippen LogP contribution in [-0.4, -0.2) is 11.1 Å². The third-order valence-electron chi connectivity index (χ3n) is 3.11. The van der Waals surface area contributed by atoms with Crippen molar-refractivity contribution in [3.05, 3.63) is 65.7 Å². The van der Waals surface area contributed by atoms with Gasteiger partial charge in [0, 0.05) is 10.9 Å². The van der Waals surface area contributed by atoms with Crippen LogP contribution >= 0.6 is 0 Å². The van der Waals surface area contributed by atoms with Crippen LogP contribution in [0.1, 0.15) is 10.4 Å². The summed E-state index contributed by atoms with van der Waals surface area (Å²) in [6.07, 6.45) is 1.58. The van der Waals surface area contributed by atoms with Crippen LogP contribution in [0, 0.1) is 6.57 Å². The van der Waals surface area contributed by atoms with E-state index < -0.39 is 5.97 Å². The summed E-state index contributed by atoms with van der Waals surface area (Å²) in [6, 6.07) is 11.8. The van der Waals surface area contributed by atoms with Gasteiger partial charge in [0.2, 0.25) is 0 Å². The Morgan fingerprint density at radius 3 is 2.55 bits per heavy atom. The molecule has 20 heavy (non-hydrogen) atoms. The second kappa shape index (κ2) is 4.56. The molecule has 3 aromatic rings. The molecule has 0 aliphatic heterocycles. The maximum Gasteiger partial charge on any atom is 0.335 e. The van der Waals surface area contributed by atoms with Crippen LogP contribution in [0.25, 0.3) is 26.9 Å². The van der Waals surface area contributed by atoms with Crippen molar-refractivity contribution in [3.63, 3.8) is 0 Å². The molecule has 3 rings (SSSR count). The van der Waals surface area contributed by atoms with E-state index in [2.05, 4.69) is 4.85 Å². The number of furan rings is 1. The Morgan fingerprint density at radius 2 is 1.90 bits per heavy atom. The molecule has 0 unspecified atom stereocenters. The third kappa shape index (κ3) is 1.91. The lowest BCUT2D eigenvalue weighted by atomic mass is 10.0. The van der Waals surface area contributed by atoms with E-state index in [1.165, 1.54) is 12.1 Å². The quantitative estimate of drug-likeness (QED) is 0.699. The van der Waals surface area contributed by atoms with E-state index in [0.29, 0.717) is 11.3 Å². The Balaban J connectivity index is 2.20. The van der Waals surface area contributed by atoms with Crippen molar-refractivity contribution in [2.45, 2.75) is 0 Å². The zero-order valence-electron chi connectivity index (χ0n) is 10.3. The lowest BCUT2D eigenvalue weighted by Gasteiger charge is -2.04. The molecule has 0 aliphatic carbocycles. The van der Waals surface area contributed by atoms with Gasteiger partial charge in [-0.15, -0.1) is 0 Å². The molecule has 0 spiro atoms. The summed E-state index contributed by atoms with van der Waals surface area (Å²) in [4.78, 5) is 14.3. The zero-order valence-corrected chi connectivity index (χ0v) is 10.3. The Labute approximate surface area is 114 Å². The fourth-order valence-electron chi connectivity index (χ4n) is 2.14. The summed E-state index contributed by atoms with van der Waals surface area (Å²) >= 11 is 0. The first-order chi connectivity index (χ1) is 9.69. The third-order valence-corrected chi connectivity index (χ3v) is 3.11. The van der Waals surface area contributed by atoms with E-state index in [1.54, 1.807) is 36.6 Å². The summed E-state index contributed by atoms with van der Waals surface area (Å²) in [5, 5.41) is 9.77. The number of carboxylic acids is 1. The molecule has 1 heterocycles. The van der Waals surface area contributed by atoms with Crippen LogP contribution in [0.4, 0.5) is 5.69 Å². The summed E-state index contributed by atoms with van der Waals surface area (Å²) in [5.41, 5.74) is 3.05. The highest BCUT2D eigenvalue weighted by molar-refractivity contribution is 5.96. The molecule has 0 bridgehead atoms. The predicted octanol–water partition coefficient (Wildman–Crippen LogP) is 4.35. The van der Waals surface area contributed by atoms with Gasteiger partial charge in [-0.05, 0) is 35.9 Å². The number of fused-ring (bicyclic) bond motifs is 1. The van der Waals surface area contributed by atoms with Crippen molar-refractivity contribution in [3.8, 4) is 11.1 Å². The van der Waals surface area contributed by atoms with Crippen molar-refractivity contribution >= 4 is 22.6 Å². The molecule has 0 atom stereocenters. The molecule has 0 saturated heterocycles. The molecule has 4 heteroatoms. The van der Waals surface area contributed by atoms with E-state index in [9.17, 15) is 4.79 Å². The minimum Gasteiger partial charge on any atom is -0.478 e.